The fraction of sp³-hybridized carbons (Fsp3) is 0.238. The number of thiazole rings is 1. The van der Waals surface area contributed by atoms with Crippen molar-refractivity contribution in [2.24, 2.45) is 0 Å². The van der Waals surface area contributed by atoms with Crippen LogP contribution >= 0.6 is 22.7 Å². The molecule has 0 aliphatic carbocycles. The van der Waals surface area contributed by atoms with Crippen molar-refractivity contribution >= 4 is 51.3 Å². The summed E-state index contributed by atoms with van der Waals surface area (Å²) in [6.07, 6.45) is 0. The number of thiophene rings is 1. The van der Waals surface area contributed by atoms with E-state index in [0.717, 1.165) is 16.2 Å². The molecule has 0 bridgehead atoms. The van der Waals surface area contributed by atoms with E-state index in [9.17, 15) is 14.4 Å². The van der Waals surface area contributed by atoms with Crippen LogP contribution in [0.2, 0.25) is 0 Å². The second-order valence-corrected chi connectivity index (χ2v) is 8.57. The van der Waals surface area contributed by atoms with E-state index in [1.807, 2.05) is 17.5 Å². The molecule has 0 saturated carbocycles. The molecule has 0 saturated heterocycles. The quantitative estimate of drug-likeness (QED) is 0.525. The van der Waals surface area contributed by atoms with Crippen LogP contribution < -0.4 is 19.7 Å². The Morgan fingerprint density at radius 1 is 1.16 bits per heavy atom. The lowest BCUT2D eigenvalue weighted by Crippen LogP contribution is -2.34. The van der Waals surface area contributed by atoms with E-state index in [1.54, 1.807) is 18.2 Å². The number of esters is 1. The van der Waals surface area contributed by atoms with Crippen molar-refractivity contribution in [1.29, 1.82) is 0 Å². The molecule has 0 fully saturated rings. The summed E-state index contributed by atoms with van der Waals surface area (Å²) in [5.74, 6) is -0.264. The number of hydrogen-bond acceptors (Lipinski definition) is 9. The summed E-state index contributed by atoms with van der Waals surface area (Å²) in [7, 11) is 0. The maximum Gasteiger partial charge on any atom is 0.358 e. The fourth-order valence-electron chi connectivity index (χ4n) is 2.94. The van der Waals surface area contributed by atoms with Gasteiger partial charge in [-0.3, -0.25) is 9.59 Å². The molecule has 2 aromatic heterocycles. The molecule has 1 aliphatic rings. The first-order valence-corrected chi connectivity index (χ1v) is 11.4. The Bertz CT molecular complexity index is 1130. The van der Waals surface area contributed by atoms with Crippen LogP contribution in [-0.2, 0) is 20.9 Å². The summed E-state index contributed by atoms with van der Waals surface area (Å²) in [5, 5.41) is 6.17. The van der Waals surface area contributed by atoms with Gasteiger partial charge in [0.1, 0.15) is 13.2 Å². The Morgan fingerprint density at radius 2 is 1.97 bits per heavy atom. The lowest BCUT2D eigenvalue weighted by Gasteiger charge is -2.25. The molecule has 166 valence electrons. The van der Waals surface area contributed by atoms with Gasteiger partial charge in [0.15, 0.2) is 28.9 Å². The normalized spacial score (nSPS) is 12.2. The van der Waals surface area contributed by atoms with E-state index in [1.165, 1.54) is 28.5 Å². The van der Waals surface area contributed by atoms with Crippen LogP contribution in [0.15, 0.2) is 41.1 Å². The molecule has 32 heavy (non-hydrogen) atoms. The fourth-order valence-corrected chi connectivity index (χ4v) is 4.36. The third kappa shape index (κ3) is 5.24. The number of fused-ring (bicyclic) bond motifs is 1. The van der Waals surface area contributed by atoms with E-state index >= 15 is 0 Å². The van der Waals surface area contributed by atoms with Gasteiger partial charge >= 0.3 is 5.97 Å². The van der Waals surface area contributed by atoms with E-state index < -0.39 is 18.5 Å². The van der Waals surface area contributed by atoms with Gasteiger partial charge < -0.3 is 24.4 Å². The monoisotopic (exact) mass is 473 g/mol. The van der Waals surface area contributed by atoms with Gasteiger partial charge in [0, 0.05) is 28.9 Å². The summed E-state index contributed by atoms with van der Waals surface area (Å²) in [6, 6.07) is 9.08. The number of benzene rings is 1. The van der Waals surface area contributed by atoms with Crippen LogP contribution in [-0.4, -0.2) is 42.6 Å². The maximum atomic E-state index is 13.0. The molecule has 0 unspecified atom stereocenters. The summed E-state index contributed by atoms with van der Waals surface area (Å²) in [5.41, 5.74) is 0.626. The molecule has 2 amide bonds. The second-order valence-electron chi connectivity index (χ2n) is 6.68. The zero-order valence-corrected chi connectivity index (χ0v) is 18.7. The maximum absolute atomic E-state index is 13.0. The van der Waals surface area contributed by atoms with Crippen molar-refractivity contribution in [1.82, 2.24) is 4.98 Å². The third-order valence-electron chi connectivity index (χ3n) is 4.36. The van der Waals surface area contributed by atoms with E-state index in [-0.39, 0.29) is 16.7 Å². The molecular weight excluding hydrogens is 454 g/mol. The smallest absolute Gasteiger partial charge is 0.358 e. The number of nitrogens with zero attached hydrogens (tertiary/aromatic N) is 2. The summed E-state index contributed by atoms with van der Waals surface area (Å²) < 4.78 is 16.4. The highest BCUT2D eigenvalue weighted by Gasteiger charge is 2.22. The summed E-state index contributed by atoms with van der Waals surface area (Å²) in [6.45, 7) is 2.10. The van der Waals surface area contributed by atoms with Crippen LogP contribution in [0.4, 0.5) is 10.8 Å². The number of amides is 2. The largest absolute Gasteiger partial charge is 0.486 e. The van der Waals surface area contributed by atoms with Gasteiger partial charge in [0.25, 0.3) is 5.91 Å². The molecule has 1 aliphatic heterocycles. The SMILES string of the molecule is CC(=O)Nc1nc(C(=O)OCC(=O)N(Cc2cccs2)c2ccc3c(c2)OCCO3)cs1. The molecule has 3 aromatic rings. The van der Waals surface area contributed by atoms with Crippen LogP contribution in [0, 0.1) is 0 Å². The second kappa shape index (κ2) is 9.79. The van der Waals surface area contributed by atoms with Crippen molar-refractivity contribution < 1.29 is 28.6 Å². The Balaban J connectivity index is 1.47. The van der Waals surface area contributed by atoms with E-state index in [0.29, 0.717) is 36.9 Å². The minimum Gasteiger partial charge on any atom is -0.486 e. The molecule has 9 nitrogen and oxygen atoms in total. The molecule has 4 rings (SSSR count). The summed E-state index contributed by atoms with van der Waals surface area (Å²) >= 11 is 2.62. The van der Waals surface area contributed by atoms with Crippen molar-refractivity contribution in [3.8, 4) is 11.5 Å². The van der Waals surface area contributed by atoms with Gasteiger partial charge in [-0.25, -0.2) is 9.78 Å². The molecular formula is C21H19N3O6S2. The number of nitrogens with one attached hydrogen (secondary N) is 1. The van der Waals surface area contributed by atoms with Gasteiger partial charge in [-0.05, 0) is 23.6 Å². The molecule has 1 N–H and O–H groups in total. The minimum absolute atomic E-state index is 0.0238. The zero-order chi connectivity index (χ0) is 22.5. The van der Waals surface area contributed by atoms with E-state index in [4.69, 9.17) is 14.2 Å². The lowest BCUT2D eigenvalue weighted by molar-refractivity contribution is -0.121. The standard InChI is InChI=1S/C21H19N3O6S2/c1-13(25)22-21-23-16(12-32-21)20(27)30-11-19(26)24(10-15-3-2-8-31-15)14-4-5-17-18(9-14)29-7-6-28-17/h2-5,8-9,12H,6-7,10-11H2,1H3,(H,22,23,25). The Labute approximate surface area is 191 Å². The van der Waals surface area contributed by atoms with Crippen LogP contribution in [0.25, 0.3) is 0 Å². The number of anilines is 2. The van der Waals surface area contributed by atoms with E-state index in [2.05, 4.69) is 10.3 Å². The third-order valence-corrected chi connectivity index (χ3v) is 5.97. The van der Waals surface area contributed by atoms with Crippen molar-refractivity contribution in [3.05, 3.63) is 51.7 Å². The zero-order valence-electron chi connectivity index (χ0n) is 17.0. The number of aromatic nitrogens is 1. The molecule has 0 atom stereocenters. The predicted octanol–water partition coefficient (Wildman–Crippen LogP) is 3.32. The molecule has 11 heteroatoms. The Kier molecular flexibility index (Phi) is 6.66. The van der Waals surface area contributed by atoms with Crippen LogP contribution in [0.5, 0.6) is 11.5 Å². The Morgan fingerprint density at radius 3 is 2.72 bits per heavy atom. The number of ether oxygens (including phenoxy) is 3. The first-order valence-electron chi connectivity index (χ1n) is 9.62. The van der Waals surface area contributed by atoms with Crippen molar-refractivity contribution in [3.63, 3.8) is 0 Å². The lowest BCUT2D eigenvalue weighted by atomic mass is 10.2. The highest BCUT2D eigenvalue weighted by Crippen LogP contribution is 2.34. The number of carbonyl (C=O) groups excluding carboxylic acids is 3. The van der Waals surface area contributed by atoms with Gasteiger partial charge in [-0.15, -0.1) is 22.7 Å². The molecule has 3 heterocycles. The average Bonchev–Trinajstić information content (AvgIpc) is 3.47. The predicted molar refractivity (Wildman–Crippen MR) is 120 cm³/mol. The molecule has 0 radical (unpaired) electrons. The molecule has 0 spiro atoms. The molecule has 1 aromatic carbocycles. The van der Waals surface area contributed by atoms with Gasteiger partial charge in [-0.2, -0.15) is 0 Å². The first kappa shape index (κ1) is 21.8. The first-order chi connectivity index (χ1) is 15.5. The van der Waals surface area contributed by atoms with Gasteiger partial charge in [-0.1, -0.05) is 6.07 Å². The van der Waals surface area contributed by atoms with Crippen LogP contribution in [0.1, 0.15) is 22.3 Å². The minimum atomic E-state index is -0.746. The van der Waals surface area contributed by atoms with Gasteiger partial charge in [0.05, 0.1) is 6.54 Å². The topological polar surface area (TPSA) is 107 Å². The average molecular weight is 474 g/mol. The highest BCUT2D eigenvalue weighted by molar-refractivity contribution is 7.14. The van der Waals surface area contributed by atoms with Gasteiger partial charge in [0.2, 0.25) is 5.91 Å². The van der Waals surface area contributed by atoms with Crippen LogP contribution in [0.3, 0.4) is 0 Å². The van der Waals surface area contributed by atoms with Crippen molar-refractivity contribution in [2.45, 2.75) is 13.5 Å². The number of hydrogen-bond donors (Lipinski definition) is 1. The number of rotatable bonds is 7. The number of carbonyl (C=O) groups is 3. The highest BCUT2D eigenvalue weighted by atomic mass is 32.1. The Hall–Kier alpha value is -3.44. The summed E-state index contributed by atoms with van der Waals surface area (Å²) in [4.78, 5) is 43.0. The van der Waals surface area contributed by atoms with Crippen molar-refractivity contribution in [2.75, 3.05) is 30.0 Å².